The first-order valence-electron chi connectivity index (χ1n) is 8.23. The third-order valence-electron chi connectivity index (χ3n) is 4.63. The first-order valence-corrected chi connectivity index (χ1v) is 14.0. The topological polar surface area (TPSA) is 163 Å². The summed E-state index contributed by atoms with van der Waals surface area (Å²) in [6, 6.07) is 0. The Morgan fingerprint density at radius 3 is 1.11 bits per heavy atom. The van der Waals surface area contributed by atoms with Gasteiger partial charge >= 0.3 is 0 Å². The van der Waals surface area contributed by atoms with Crippen LogP contribution in [0.3, 0.4) is 0 Å². The van der Waals surface area contributed by atoms with Gasteiger partial charge in [-0.25, -0.2) is 0 Å². The fourth-order valence-electron chi connectivity index (χ4n) is 3.17. The molecule has 0 saturated heterocycles. The van der Waals surface area contributed by atoms with Crippen LogP contribution in [0.25, 0.3) is 0 Å². The molecular formula is C13H28O9S5. The lowest BCUT2D eigenvalue weighted by molar-refractivity contribution is 0.335. The fourth-order valence-corrected chi connectivity index (χ4v) is 7.42. The van der Waals surface area contributed by atoms with Crippen molar-refractivity contribution in [3.8, 4) is 0 Å². The molecule has 9 nitrogen and oxygen atoms in total. The molecule has 4 atom stereocenters. The van der Waals surface area contributed by atoms with Crippen LogP contribution < -0.4 is 0 Å². The molecule has 14 heteroatoms. The quantitative estimate of drug-likeness (QED) is 0.191. The van der Waals surface area contributed by atoms with Gasteiger partial charge in [-0.15, -0.1) is 0 Å². The summed E-state index contributed by atoms with van der Waals surface area (Å²) in [5, 5.41) is -4.08. The SMILES string of the molecule is CCC(CC(CS)C(C(CS)CC(CC)S(=O)(=O)O)S(=O)(=O)O)S(=O)(=O)O. The maximum Gasteiger partial charge on any atom is 0.268 e. The fraction of sp³-hybridized carbons (Fsp3) is 1.00. The van der Waals surface area contributed by atoms with Crippen LogP contribution in [0.4, 0.5) is 0 Å². The smallest absolute Gasteiger partial charge is 0.268 e. The van der Waals surface area contributed by atoms with Crippen LogP contribution >= 0.6 is 25.3 Å². The highest BCUT2D eigenvalue weighted by Crippen LogP contribution is 2.33. The Kier molecular flexibility index (Phi) is 11.2. The predicted octanol–water partition coefficient (Wildman–Crippen LogP) is 1.45. The minimum Gasteiger partial charge on any atom is -0.285 e. The molecular weight excluding hydrogens is 460 g/mol. The molecule has 0 aliphatic carbocycles. The Hall–Kier alpha value is 0.430. The normalized spacial score (nSPS) is 19.2. The summed E-state index contributed by atoms with van der Waals surface area (Å²) in [5.74, 6) is -2.26. The molecule has 0 aromatic heterocycles. The molecule has 164 valence electrons. The summed E-state index contributed by atoms with van der Waals surface area (Å²) >= 11 is 8.11. The average Bonchev–Trinajstić information content (AvgIpc) is 2.50. The van der Waals surface area contributed by atoms with Crippen LogP contribution in [0.1, 0.15) is 39.5 Å². The maximum absolute atomic E-state index is 12.0. The van der Waals surface area contributed by atoms with Crippen molar-refractivity contribution in [2.75, 3.05) is 11.5 Å². The summed E-state index contributed by atoms with van der Waals surface area (Å²) in [6.45, 7) is 3.00. The van der Waals surface area contributed by atoms with Crippen molar-refractivity contribution < 1.29 is 38.9 Å². The van der Waals surface area contributed by atoms with Gasteiger partial charge in [-0.3, -0.25) is 13.7 Å². The molecule has 0 aromatic rings. The second kappa shape index (κ2) is 11.0. The van der Waals surface area contributed by atoms with Crippen LogP contribution in [0, 0.1) is 11.8 Å². The predicted molar refractivity (Wildman–Crippen MR) is 111 cm³/mol. The summed E-state index contributed by atoms with van der Waals surface area (Å²) in [6.07, 6.45) is -0.572. The minimum atomic E-state index is -4.74. The molecule has 0 radical (unpaired) electrons. The summed E-state index contributed by atoms with van der Waals surface area (Å²) in [5.41, 5.74) is 0. The summed E-state index contributed by atoms with van der Waals surface area (Å²) < 4.78 is 98.3. The Bertz CT molecular complexity index is 710. The van der Waals surface area contributed by atoms with Crippen LogP contribution in [0.15, 0.2) is 0 Å². The molecule has 0 spiro atoms. The molecule has 0 amide bonds. The van der Waals surface area contributed by atoms with E-state index in [-0.39, 0.29) is 37.2 Å². The monoisotopic (exact) mass is 488 g/mol. The number of hydrogen-bond donors (Lipinski definition) is 5. The van der Waals surface area contributed by atoms with Crippen molar-refractivity contribution >= 4 is 55.6 Å². The molecule has 0 rings (SSSR count). The van der Waals surface area contributed by atoms with Gasteiger partial charge in [-0.2, -0.15) is 50.5 Å². The zero-order valence-corrected chi connectivity index (χ0v) is 19.3. The second-order valence-electron chi connectivity index (χ2n) is 6.43. The molecule has 0 heterocycles. The lowest BCUT2D eigenvalue weighted by Crippen LogP contribution is -2.43. The van der Waals surface area contributed by atoms with Gasteiger partial charge in [0.25, 0.3) is 30.4 Å². The van der Waals surface area contributed by atoms with Crippen molar-refractivity contribution in [1.29, 1.82) is 0 Å². The Morgan fingerprint density at radius 2 is 0.963 bits per heavy atom. The maximum atomic E-state index is 12.0. The van der Waals surface area contributed by atoms with Crippen molar-refractivity contribution in [3.63, 3.8) is 0 Å². The second-order valence-corrected chi connectivity index (χ2v) is 12.1. The van der Waals surface area contributed by atoms with E-state index in [0.717, 1.165) is 0 Å². The van der Waals surface area contributed by atoms with Crippen LogP contribution in [-0.4, -0.2) is 66.2 Å². The molecule has 0 bridgehead atoms. The lowest BCUT2D eigenvalue weighted by atomic mass is 9.88. The first kappa shape index (κ1) is 27.4. The van der Waals surface area contributed by atoms with E-state index in [0.29, 0.717) is 0 Å². The standard InChI is InChI=1S/C13H28O9S5/c1-3-11(25(14,15)16)5-9(7-23)13(27(20,21)22)10(8-24)6-12(4-2)26(17,18)19/h9-13,23-24H,3-8H2,1-2H3,(H,14,15,16)(H,17,18,19)(H,20,21,22). The Balaban J connectivity index is 5.98. The molecule has 27 heavy (non-hydrogen) atoms. The molecule has 4 unspecified atom stereocenters. The highest BCUT2D eigenvalue weighted by molar-refractivity contribution is 7.87. The van der Waals surface area contributed by atoms with Gasteiger partial charge in [-0.1, -0.05) is 13.8 Å². The number of thiol groups is 2. The van der Waals surface area contributed by atoms with E-state index < -0.39 is 57.9 Å². The molecule has 3 N–H and O–H groups in total. The number of rotatable bonds is 13. The summed E-state index contributed by atoms with van der Waals surface area (Å²) in [4.78, 5) is 0. The molecule has 0 aromatic carbocycles. The van der Waals surface area contributed by atoms with Crippen molar-refractivity contribution in [3.05, 3.63) is 0 Å². The molecule has 0 aliphatic heterocycles. The van der Waals surface area contributed by atoms with E-state index in [1.54, 1.807) is 0 Å². The molecule has 0 saturated carbocycles. The zero-order valence-electron chi connectivity index (χ0n) is 15.0. The lowest BCUT2D eigenvalue weighted by Gasteiger charge is -2.32. The van der Waals surface area contributed by atoms with Gasteiger partial charge in [0.2, 0.25) is 0 Å². The largest absolute Gasteiger partial charge is 0.285 e. The van der Waals surface area contributed by atoms with E-state index >= 15 is 0 Å². The van der Waals surface area contributed by atoms with Crippen LogP contribution in [-0.2, 0) is 30.4 Å². The summed E-state index contributed by atoms with van der Waals surface area (Å²) in [7, 11) is -13.6. The van der Waals surface area contributed by atoms with E-state index in [4.69, 9.17) is 0 Å². The van der Waals surface area contributed by atoms with Crippen molar-refractivity contribution in [2.45, 2.75) is 55.3 Å². The van der Waals surface area contributed by atoms with Gasteiger partial charge in [0.1, 0.15) is 0 Å². The number of hydrogen-bond acceptors (Lipinski definition) is 8. The molecule has 0 fully saturated rings. The van der Waals surface area contributed by atoms with E-state index in [9.17, 15) is 38.9 Å². The van der Waals surface area contributed by atoms with Crippen molar-refractivity contribution in [2.24, 2.45) is 11.8 Å². The van der Waals surface area contributed by atoms with E-state index in [1.165, 1.54) is 13.8 Å². The zero-order chi connectivity index (χ0) is 21.6. The first-order chi connectivity index (χ1) is 12.1. The highest BCUT2D eigenvalue weighted by Gasteiger charge is 2.42. The van der Waals surface area contributed by atoms with Gasteiger partial charge in [0, 0.05) is 0 Å². The van der Waals surface area contributed by atoms with E-state index in [2.05, 4.69) is 25.3 Å². The third kappa shape index (κ3) is 8.76. The van der Waals surface area contributed by atoms with Crippen molar-refractivity contribution in [1.82, 2.24) is 0 Å². The third-order valence-corrected chi connectivity index (χ3v) is 9.76. The van der Waals surface area contributed by atoms with Gasteiger partial charge in [0.05, 0.1) is 15.7 Å². The Morgan fingerprint density at radius 1 is 0.667 bits per heavy atom. The highest BCUT2D eigenvalue weighted by atomic mass is 32.2. The van der Waals surface area contributed by atoms with Crippen LogP contribution in [0.2, 0.25) is 0 Å². The van der Waals surface area contributed by atoms with Gasteiger partial charge < -0.3 is 0 Å². The average molecular weight is 489 g/mol. The Labute approximate surface area is 172 Å². The van der Waals surface area contributed by atoms with E-state index in [1.807, 2.05) is 0 Å². The van der Waals surface area contributed by atoms with Gasteiger partial charge in [-0.05, 0) is 49.0 Å². The minimum absolute atomic E-state index is 0.00938. The molecule has 0 aliphatic rings. The van der Waals surface area contributed by atoms with Gasteiger partial charge in [0.15, 0.2) is 0 Å². The van der Waals surface area contributed by atoms with Crippen LogP contribution in [0.5, 0.6) is 0 Å².